The van der Waals surface area contributed by atoms with Gasteiger partial charge in [-0.3, -0.25) is 14.4 Å². The number of allylic oxidation sites excluding steroid dienone is 2. The van der Waals surface area contributed by atoms with Crippen LogP contribution in [0.5, 0.6) is 0 Å². The number of carbonyl (C=O) groups excluding carboxylic acids is 3. The molecule has 1 saturated heterocycles. The highest BCUT2D eigenvalue weighted by Crippen LogP contribution is 2.27. The Morgan fingerprint density at radius 2 is 1.68 bits per heavy atom. The molecule has 198 valence electrons. The van der Waals surface area contributed by atoms with Gasteiger partial charge >= 0.3 is 0 Å². The highest BCUT2D eigenvalue weighted by molar-refractivity contribution is 5.96. The van der Waals surface area contributed by atoms with Gasteiger partial charge < -0.3 is 20.4 Å². The van der Waals surface area contributed by atoms with Crippen LogP contribution in [0.3, 0.4) is 0 Å². The number of carbonyl (C=O) groups is 3. The largest absolute Gasteiger partial charge is 0.345 e. The van der Waals surface area contributed by atoms with Gasteiger partial charge in [-0.1, -0.05) is 72.4 Å². The lowest BCUT2D eigenvalue weighted by Gasteiger charge is -2.48. The second-order valence-electron chi connectivity index (χ2n) is 8.11. The number of piperazine rings is 1. The molecule has 7 nitrogen and oxygen atoms in total. The highest BCUT2D eigenvalue weighted by Gasteiger charge is 2.46. The molecule has 1 aliphatic rings. The molecular weight excluding hydrogens is 428 g/mol. The fourth-order valence-electron chi connectivity index (χ4n) is 3.04. The second kappa shape index (κ2) is 21.1. The van der Waals surface area contributed by atoms with Gasteiger partial charge in [0, 0.05) is 26.2 Å². The number of nitrogens with two attached hydrogens (primary N) is 1. The molecule has 1 unspecified atom stereocenters. The first kappa shape index (κ1) is 36.2. The van der Waals surface area contributed by atoms with Gasteiger partial charge in [0.1, 0.15) is 5.54 Å². The molecule has 2 atom stereocenters. The first-order valence-corrected chi connectivity index (χ1v) is 12.5. The number of hydrogen-bond donors (Lipinski definition) is 1. The van der Waals surface area contributed by atoms with Crippen molar-refractivity contribution in [2.75, 3.05) is 26.2 Å². The minimum Gasteiger partial charge on any atom is -0.345 e. The predicted molar refractivity (Wildman–Crippen MR) is 145 cm³/mol. The van der Waals surface area contributed by atoms with Gasteiger partial charge in [-0.2, -0.15) is 0 Å². The molecule has 0 aliphatic carbocycles. The van der Waals surface area contributed by atoms with Gasteiger partial charge in [0.05, 0.1) is 6.17 Å². The van der Waals surface area contributed by atoms with Gasteiger partial charge in [-0.15, -0.1) is 0 Å². The topological polar surface area (TPSA) is 87.0 Å². The predicted octanol–water partition coefficient (Wildman–Crippen LogP) is 4.75. The van der Waals surface area contributed by atoms with Crippen LogP contribution in [0.1, 0.15) is 81.1 Å². The zero-order chi connectivity index (χ0) is 27.3. The van der Waals surface area contributed by atoms with Crippen molar-refractivity contribution in [3.63, 3.8) is 0 Å². The summed E-state index contributed by atoms with van der Waals surface area (Å²) < 4.78 is 0. The molecule has 34 heavy (non-hydrogen) atoms. The summed E-state index contributed by atoms with van der Waals surface area (Å²) in [6.07, 6.45) is 7.50. The molecule has 0 spiro atoms. The van der Waals surface area contributed by atoms with Crippen molar-refractivity contribution in [1.29, 1.82) is 0 Å². The molecular formula is C27H52N4O3. The SMILES string of the molecule is C=CC(=C)C.C=CC(=O)N1CCN([C@@H](C)N)C(=O)C1(C)CC.CC.CCCCN(C=O)CCC. The number of nitrogens with zero attached hydrogens (tertiary/aromatic N) is 3. The Hall–Kier alpha value is -2.41. The molecule has 1 rings (SSSR count). The normalized spacial score (nSPS) is 17.4. The van der Waals surface area contributed by atoms with E-state index in [0.29, 0.717) is 19.5 Å². The van der Waals surface area contributed by atoms with Crippen LogP contribution in [0.25, 0.3) is 0 Å². The quantitative estimate of drug-likeness (QED) is 0.278. The van der Waals surface area contributed by atoms with Crippen molar-refractivity contribution < 1.29 is 14.4 Å². The molecule has 0 aromatic heterocycles. The van der Waals surface area contributed by atoms with E-state index in [-0.39, 0.29) is 18.0 Å². The third-order valence-corrected chi connectivity index (χ3v) is 5.31. The fourth-order valence-corrected chi connectivity index (χ4v) is 3.04. The standard InChI is InChI=1S/C12H21N3O2.C8H17NO.C5H8.C2H6/c1-5-10(16)15-8-7-14(9(3)13)11(17)12(15,4)6-2;1-3-5-7-9(8-10)6-4-2;1-4-5(2)3;1-2/h5,9H,1,6-8,13H2,2-4H3;8H,3-7H2,1-2H3;4H,1-2H2,3H3;1-2H3/t9-,12?;;;/m0.../s1. The van der Waals surface area contributed by atoms with Crippen molar-refractivity contribution in [3.8, 4) is 0 Å². The van der Waals surface area contributed by atoms with Gasteiger partial charge in [0.2, 0.25) is 18.2 Å². The van der Waals surface area contributed by atoms with Crippen LogP contribution in [0, 0.1) is 0 Å². The summed E-state index contributed by atoms with van der Waals surface area (Å²) in [5.74, 6) is -0.288. The molecule has 0 bridgehead atoms. The molecule has 0 radical (unpaired) electrons. The van der Waals surface area contributed by atoms with Gasteiger partial charge in [-0.25, -0.2) is 0 Å². The summed E-state index contributed by atoms with van der Waals surface area (Å²) in [4.78, 5) is 39.5. The second-order valence-corrected chi connectivity index (χ2v) is 8.11. The summed E-state index contributed by atoms with van der Waals surface area (Å²) in [7, 11) is 0. The van der Waals surface area contributed by atoms with Gasteiger partial charge in [0.25, 0.3) is 0 Å². The molecule has 1 fully saturated rings. The van der Waals surface area contributed by atoms with E-state index in [4.69, 9.17) is 5.73 Å². The van der Waals surface area contributed by atoms with E-state index in [1.807, 2.05) is 32.6 Å². The maximum Gasteiger partial charge on any atom is 0.249 e. The Kier molecular flexibility index (Phi) is 22.5. The van der Waals surface area contributed by atoms with Gasteiger partial charge in [0.15, 0.2) is 0 Å². The lowest BCUT2D eigenvalue weighted by atomic mass is 9.91. The molecule has 0 aromatic rings. The molecule has 1 heterocycles. The molecule has 3 amide bonds. The highest BCUT2D eigenvalue weighted by atomic mass is 16.2. The lowest BCUT2D eigenvalue weighted by Crippen LogP contribution is -2.67. The summed E-state index contributed by atoms with van der Waals surface area (Å²) >= 11 is 0. The zero-order valence-electron chi connectivity index (χ0n) is 23.2. The Labute approximate surface area is 209 Å². The Bertz CT molecular complexity index is 619. The maximum absolute atomic E-state index is 12.4. The van der Waals surface area contributed by atoms with Crippen LogP contribution < -0.4 is 5.73 Å². The van der Waals surface area contributed by atoms with Crippen molar-refractivity contribution in [2.24, 2.45) is 5.73 Å². The van der Waals surface area contributed by atoms with Crippen molar-refractivity contribution in [2.45, 2.75) is 92.8 Å². The molecule has 1 aliphatic heterocycles. The van der Waals surface area contributed by atoms with E-state index in [9.17, 15) is 14.4 Å². The summed E-state index contributed by atoms with van der Waals surface area (Å²) in [5.41, 5.74) is 5.98. The van der Waals surface area contributed by atoms with Crippen molar-refractivity contribution >= 4 is 18.2 Å². The Morgan fingerprint density at radius 1 is 1.15 bits per heavy atom. The zero-order valence-corrected chi connectivity index (χ0v) is 23.2. The van der Waals surface area contributed by atoms with Crippen LogP contribution in [-0.2, 0) is 14.4 Å². The fraction of sp³-hybridized carbons (Fsp3) is 0.667. The third kappa shape index (κ3) is 13.3. The summed E-state index contributed by atoms with van der Waals surface area (Å²) in [5, 5.41) is 0. The minimum atomic E-state index is -0.808. The average Bonchev–Trinajstić information content (AvgIpc) is 2.84. The number of amides is 3. The molecule has 2 N–H and O–H groups in total. The van der Waals surface area contributed by atoms with Crippen molar-refractivity contribution in [1.82, 2.24) is 14.7 Å². The van der Waals surface area contributed by atoms with E-state index < -0.39 is 5.54 Å². The minimum absolute atomic E-state index is 0.0866. The maximum atomic E-state index is 12.4. The third-order valence-electron chi connectivity index (χ3n) is 5.31. The number of hydrogen-bond acceptors (Lipinski definition) is 4. The van der Waals surface area contributed by atoms with Crippen LogP contribution in [0.15, 0.2) is 37.5 Å². The van der Waals surface area contributed by atoms with Crippen LogP contribution >= 0.6 is 0 Å². The van der Waals surface area contributed by atoms with E-state index in [2.05, 4.69) is 33.6 Å². The Balaban J connectivity index is -0.000000479. The lowest BCUT2D eigenvalue weighted by molar-refractivity contribution is -0.160. The first-order valence-electron chi connectivity index (χ1n) is 12.5. The van der Waals surface area contributed by atoms with E-state index >= 15 is 0 Å². The first-order chi connectivity index (χ1) is 16.0. The van der Waals surface area contributed by atoms with Crippen LogP contribution in [0.2, 0.25) is 0 Å². The van der Waals surface area contributed by atoms with Crippen LogP contribution in [-0.4, -0.2) is 70.8 Å². The Morgan fingerprint density at radius 3 is 2.00 bits per heavy atom. The molecule has 0 aromatic carbocycles. The molecule has 0 saturated carbocycles. The van der Waals surface area contributed by atoms with Gasteiger partial charge in [-0.05, 0) is 46.1 Å². The van der Waals surface area contributed by atoms with E-state index in [1.54, 1.807) is 29.7 Å². The summed E-state index contributed by atoms with van der Waals surface area (Å²) in [6, 6.07) is 0. The van der Waals surface area contributed by atoms with Crippen LogP contribution in [0.4, 0.5) is 0 Å². The monoisotopic (exact) mass is 480 g/mol. The van der Waals surface area contributed by atoms with Crippen molar-refractivity contribution in [3.05, 3.63) is 37.5 Å². The molecule has 7 heteroatoms. The smallest absolute Gasteiger partial charge is 0.249 e. The number of unbranched alkanes of at least 4 members (excludes halogenated alkanes) is 1. The average molecular weight is 481 g/mol. The number of rotatable bonds is 10. The van der Waals surface area contributed by atoms with E-state index in [0.717, 1.165) is 44.3 Å². The van der Waals surface area contributed by atoms with E-state index in [1.165, 1.54) is 6.08 Å². The summed E-state index contributed by atoms with van der Waals surface area (Å²) in [6.45, 7) is 28.9.